The van der Waals surface area contributed by atoms with Crippen molar-refractivity contribution >= 4 is 58.1 Å². The molecule has 0 saturated carbocycles. The van der Waals surface area contributed by atoms with Crippen molar-refractivity contribution < 1.29 is 33.4 Å². The minimum Gasteiger partial charge on any atom is -0.492 e. The number of rotatable bonds is 20. The van der Waals surface area contributed by atoms with Gasteiger partial charge in [-0.1, -0.05) is 78.9 Å². The van der Waals surface area contributed by atoms with Gasteiger partial charge in [-0.15, -0.1) is 23.4 Å². The summed E-state index contributed by atoms with van der Waals surface area (Å²) >= 11 is 7.89. The molecular formula is C45H48ClN3O7S. The fraction of sp³-hybridized carbons (Fsp3) is 0.333. The predicted molar refractivity (Wildman–Crippen MR) is 223 cm³/mol. The summed E-state index contributed by atoms with van der Waals surface area (Å²) in [7, 11) is 1.76. The van der Waals surface area contributed by atoms with E-state index in [0.717, 1.165) is 44.9 Å². The van der Waals surface area contributed by atoms with Crippen molar-refractivity contribution in [3.63, 3.8) is 0 Å². The second kappa shape index (κ2) is 21.0. The number of hydrogen-bond acceptors (Lipinski definition) is 8. The summed E-state index contributed by atoms with van der Waals surface area (Å²) in [5, 5.41) is 2.34. The largest absolute Gasteiger partial charge is 0.492 e. The van der Waals surface area contributed by atoms with Crippen LogP contribution in [0.4, 0.5) is 0 Å². The number of piperidine rings is 1. The first-order valence-corrected chi connectivity index (χ1v) is 20.8. The number of benzene rings is 4. The van der Waals surface area contributed by atoms with Crippen LogP contribution in [0.1, 0.15) is 58.3 Å². The van der Waals surface area contributed by atoms with Gasteiger partial charge in [0, 0.05) is 42.1 Å². The molecule has 4 aromatic rings. The summed E-state index contributed by atoms with van der Waals surface area (Å²) in [6.45, 7) is 2.69. The van der Waals surface area contributed by atoms with Crippen LogP contribution in [0.5, 0.6) is 5.75 Å². The van der Waals surface area contributed by atoms with Crippen molar-refractivity contribution in [2.75, 3.05) is 58.3 Å². The van der Waals surface area contributed by atoms with Gasteiger partial charge < -0.3 is 24.0 Å². The van der Waals surface area contributed by atoms with Gasteiger partial charge in [0.05, 0.1) is 39.4 Å². The number of hydrogen-bond donors (Lipinski definition) is 1. The summed E-state index contributed by atoms with van der Waals surface area (Å²) in [6, 6.07) is 33.7. The number of nitrogens with one attached hydrogen (secondary N) is 1. The van der Waals surface area contributed by atoms with Crippen molar-refractivity contribution in [1.29, 1.82) is 0 Å². The average molecular weight is 810 g/mol. The van der Waals surface area contributed by atoms with E-state index in [0.29, 0.717) is 69.7 Å². The van der Waals surface area contributed by atoms with Crippen molar-refractivity contribution in [2.45, 2.75) is 43.2 Å². The van der Waals surface area contributed by atoms with Crippen molar-refractivity contribution in [2.24, 2.45) is 0 Å². The molecule has 4 amide bonds. The SMILES string of the molecule is CN(CCOc1ccc(/C(=C(/CCCl)c2ccccc2)c2ccccc2)cc1)C(=O)CCOCCOCCSc1cccc2c1CN(C1CCC(=O)NC1=O)C2=O. The molecule has 0 radical (unpaired) electrons. The van der Waals surface area contributed by atoms with Crippen LogP contribution in [-0.4, -0.2) is 97.7 Å². The minimum absolute atomic E-state index is 0.0262. The minimum atomic E-state index is -0.637. The molecule has 10 nitrogen and oxygen atoms in total. The van der Waals surface area contributed by atoms with Gasteiger partial charge >= 0.3 is 0 Å². The number of thioether (sulfide) groups is 1. The van der Waals surface area contributed by atoms with E-state index in [2.05, 4.69) is 41.7 Å². The van der Waals surface area contributed by atoms with Crippen LogP contribution in [0.25, 0.3) is 11.1 Å². The molecule has 2 aliphatic heterocycles. The number of nitrogens with zero attached hydrogens (tertiary/aromatic N) is 2. The van der Waals surface area contributed by atoms with Crippen LogP contribution in [-0.2, 0) is 30.4 Å². The fourth-order valence-electron chi connectivity index (χ4n) is 6.99. The molecule has 0 spiro atoms. The highest BCUT2D eigenvalue weighted by Gasteiger charge is 2.39. The first-order valence-electron chi connectivity index (χ1n) is 19.3. The van der Waals surface area contributed by atoms with Crippen LogP contribution >= 0.6 is 23.4 Å². The molecule has 1 fully saturated rings. The van der Waals surface area contributed by atoms with Gasteiger partial charge in [0.15, 0.2) is 0 Å². The highest BCUT2D eigenvalue weighted by atomic mass is 35.5. The maximum atomic E-state index is 13.1. The Kier molecular flexibility index (Phi) is 15.4. The second-order valence-electron chi connectivity index (χ2n) is 13.7. The summed E-state index contributed by atoms with van der Waals surface area (Å²) in [5.41, 5.74) is 7.16. The third kappa shape index (κ3) is 11.1. The number of carbonyl (C=O) groups excluding carboxylic acids is 4. The van der Waals surface area contributed by atoms with Gasteiger partial charge in [-0.3, -0.25) is 24.5 Å². The molecular weight excluding hydrogens is 762 g/mol. The number of allylic oxidation sites excluding steroid dienone is 1. The zero-order chi connectivity index (χ0) is 40.0. The summed E-state index contributed by atoms with van der Waals surface area (Å²) in [4.78, 5) is 53.9. The Hall–Kier alpha value is -4.94. The van der Waals surface area contributed by atoms with Crippen LogP contribution in [0, 0.1) is 0 Å². The first kappa shape index (κ1) is 41.7. The van der Waals surface area contributed by atoms with Gasteiger partial charge in [0.1, 0.15) is 18.4 Å². The standard InChI is InChI=1S/C45H48ClN3O7S/c1-48(24-26-56-35-17-15-34(16-18-35)43(33-11-6-3-7-12-33)36(21-23-46)32-9-4-2-5-10-32)42(51)22-25-54-27-28-55-29-30-57-40-14-8-13-37-38(40)31-49(45(37)53)39-19-20-41(50)47-44(39)52/h2-18,39H,19-31H2,1H3,(H,47,50,52)/b43-36-. The van der Waals surface area contributed by atoms with Gasteiger partial charge in [0.2, 0.25) is 17.7 Å². The Labute approximate surface area is 343 Å². The van der Waals surface area contributed by atoms with E-state index in [-0.39, 0.29) is 30.6 Å². The van der Waals surface area contributed by atoms with E-state index in [1.807, 2.05) is 60.7 Å². The van der Waals surface area contributed by atoms with Crippen molar-refractivity contribution in [1.82, 2.24) is 15.1 Å². The molecule has 1 atom stereocenters. The zero-order valence-electron chi connectivity index (χ0n) is 32.1. The molecule has 298 valence electrons. The highest BCUT2D eigenvalue weighted by molar-refractivity contribution is 7.99. The molecule has 0 aliphatic carbocycles. The quantitative estimate of drug-likeness (QED) is 0.0331. The van der Waals surface area contributed by atoms with Gasteiger partial charge in [0.25, 0.3) is 5.91 Å². The van der Waals surface area contributed by atoms with E-state index in [1.54, 1.807) is 34.7 Å². The molecule has 6 rings (SSSR count). The monoisotopic (exact) mass is 809 g/mol. The third-order valence-corrected chi connectivity index (χ3v) is 11.2. The van der Waals surface area contributed by atoms with Crippen LogP contribution in [0.3, 0.4) is 0 Å². The predicted octanol–water partition coefficient (Wildman–Crippen LogP) is 7.09. The number of alkyl halides is 1. The normalized spacial score (nSPS) is 15.6. The number of imide groups is 1. The Morgan fingerprint density at radius 1 is 0.807 bits per heavy atom. The van der Waals surface area contributed by atoms with Gasteiger partial charge in [-0.2, -0.15) is 0 Å². The molecule has 2 aliphatic rings. The molecule has 0 bridgehead atoms. The lowest BCUT2D eigenvalue weighted by Gasteiger charge is -2.29. The Morgan fingerprint density at radius 2 is 1.49 bits per heavy atom. The maximum absolute atomic E-state index is 13.1. The van der Waals surface area contributed by atoms with E-state index < -0.39 is 11.9 Å². The second-order valence-corrected chi connectivity index (χ2v) is 15.2. The lowest BCUT2D eigenvalue weighted by atomic mass is 9.88. The van der Waals surface area contributed by atoms with E-state index in [1.165, 1.54) is 5.57 Å². The molecule has 12 heteroatoms. The lowest BCUT2D eigenvalue weighted by molar-refractivity contribution is -0.137. The van der Waals surface area contributed by atoms with E-state index >= 15 is 0 Å². The summed E-state index contributed by atoms with van der Waals surface area (Å²) < 4.78 is 17.4. The molecule has 1 N–H and O–H groups in total. The average Bonchev–Trinajstić information content (AvgIpc) is 3.57. The van der Waals surface area contributed by atoms with Crippen LogP contribution < -0.4 is 10.1 Å². The highest BCUT2D eigenvalue weighted by Crippen LogP contribution is 2.36. The number of halogens is 1. The maximum Gasteiger partial charge on any atom is 0.255 e. The molecule has 1 unspecified atom stereocenters. The van der Waals surface area contributed by atoms with E-state index in [9.17, 15) is 19.2 Å². The van der Waals surface area contributed by atoms with Crippen molar-refractivity contribution in [3.05, 3.63) is 131 Å². The van der Waals surface area contributed by atoms with E-state index in [4.69, 9.17) is 25.8 Å². The van der Waals surface area contributed by atoms with Crippen LogP contribution in [0.15, 0.2) is 108 Å². The smallest absolute Gasteiger partial charge is 0.255 e. The van der Waals surface area contributed by atoms with Gasteiger partial charge in [-0.25, -0.2) is 0 Å². The molecule has 57 heavy (non-hydrogen) atoms. The number of likely N-dealkylation sites (N-methyl/N-ethyl adjacent to an activating group) is 1. The Balaban J connectivity index is 0.870. The number of ether oxygens (including phenoxy) is 3. The number of amides is 4. The summed E-state index contributed by atoms with van der Waals surface area (Å²) in [5.74, 6) is 0.986. The topological polar surface area (TPSA) is 114 Å². The first-order chi connectivity index (χ1) is 27.8. The third-order valence-electron chi connectivity index (χ3n) is 9.95. The number of carbonyl (C=O) groups is 4. The Bertz CT molecular complexity index is 2030. The molecule has 4 aromatic carbocycles. The van der Waals surface area contributed by atoms with Crippen LogP contribution in [0.2, 0.25) is 0 Å². The van der Waals surface area contributed by atoms with Crippen molar-refractivity contribution in [3.8, 4) is 5.75 Å². The molecule has 2 heterocycles. The Morgan fingerprint density at radius 3 is 2.19 bits per heavy atom. The molecule has 0 aromatic heterocycles. The van der Waals surface area contributed by atoms with Gasteiger partial charge in [-0.05, 0) is 70.5 Å². The molecule has 1 saturated heterocycles. The number of fused-ring (bicyclic) bond motifs is 1. The lowest BCUT2D eigenvalue weighted by Crippen LogP contribution is -2.52. The fourth-order valence-corrected chi connectivity index (χ4v) is 8.12. The summed E-state index contributed by atoms with van der Waals surface area (Å²) in [6.07, 6.45) is 1.55. The zero-order valence-corrected chi connectivity index (χ0v) is 33.7.